The van der Waals surface area contributed by atoms with E-state index in [0.29, 0.717) is 35.6 Å². The number of halogens is 1. The minimum absolute atomic E-state index is 0.0464. The molecular weight excluding hydrogens is 493 g/mol. The Labute approximate surface area is 218 Å². The Morgan fingerprint density at radius 1 is 1.11 bits per heavy atom. The summed E-state index contributed by atoms with van der Waals surface area (Å²) < 4.78 is 39.5. The number of esters is 1. The fraction of sp³-hybridized carbons (Fsp3) is 0.333. The molecule has 2 atom stereocenters. The van der Waals surface area contributed by atoms with Gasteiger partial charge in [-0.3, -0.25) is 4.79 Å². The second-order valence-corrected chi connectivity index (χ2v) is 8.67. The van der Waals surface area contributed by atoms with Gasteiger partial charge in [-0.1, -0.05) is 12.1 Å². The summed E-state index contributed by atoms with van der Waals surface area (Å²) in [5, 5.41) is 12.4. The van der Waals surface area contributed by atoms with Crippen molar-refractivity contribution < 1.29 is 28.1 Å². The Hall–Kier alpha value is -4.25. The molecule has 38 heavy (non-hydrogen) atoms. The number of ether oxygens (including phenoxy) is 4. The van der Waals surface area contributed by atoms with Gasteiger partial charge in [0.1, 0.15) is 24.4 Å². The molecule has 198 valence electrons. The Bertz CT molecular complexity index is 1430. The van der Waals surface area contributed by atoms with Crippen molar-refractivity contribution in [2.75, 3.05) is 20.8 Å². The molecule has 0 unspecified atom stereocenters. The zero-order chi connectivity index (χ0) is 26.6. The van der Waals surface area contributed by atoms with E-state index in [4.69, 9.17) is 18.9 Å². The molecule has 0 spiro atoms. The van der Waals surface area contributed by atoms with E-state index in [2.05, 4.69) is 15.4 Å². The summed E-state index contributed by atoms with van der Waals surface area (Å²) in [5.41, 5.74) is 3.07. The molecule has 11 heteroatoms. The van der Waals surface area contributed by atoms with Gasteiger partial charge in [0, 0.05) is 23.7 Å². The van der Waals surface area contributed by atoms with E-state index < -0.39 is 18.2 Å². The summed E-state index contributed by atoms with van der Waals surface area (Å²) in [5.74, 6) is 0.579. The molecule has 4 aromatic rings. The lowest BCUT2D eigenvalue weighted by atomic mass is 9.98. The number of benzene rings is 2. The van der Waals surface area contributed by atoms with Crippen molar-refractivity contribution in [1.29, 1.82) is 0 Å². The van der Waals surface area contributed by atoms with Crippen LogP contribution in [0.3, 0.4) is 0 Å². The van der Waals surface area contributed by atoms with Crippen molar-refractivity contribution in [3.05, 3.63) is 83.2 Å². The molecule has 10 nitrogen and oxygen atoms in total. The maximum atomic E-state index is 14.6. The largest absolute Gasteiger partial charge is 0.493 e. The van der Waals surface area contributed by atoms with Crippen LogP contribution in [0.15, 0.2) is 54.7 Å². The smallest absolute Gasteiger partial charge is 0.313 e. The van der Waals surface area contributed by atoms with Crippen molar-refractivity contribution in [1.82, 2.24) is 24.8 Å². The molecule has 0 saturated carbocycles. The number of methoxy groups -OCH3 is 2. The van der Waals surface area contributed by atoms with Crippen LogP contribution < -0.4 is 9.47 Å². The van der Waals surface area contributed by atoms with E-state index in [1.807, 2.05) is 35.0 Å². The van der Waals surface area contributed by atoms with Gasteiger partial charge in [0.25, 0.3) is 0 Å². The van der Waals surface area contributed by atoms with Crippen LogP contribution in [0.25, 0.3) is 5.69 Å². The van der Waals surface area contributed by atoms with Gasteiger partial charge in [-0.2, -0.15) is 4.80 Å². The molecule has 0 aliphatic carbocycles. The van der Waals surface area contributed by atoms with Gasteiger partial charge in [-0.15, -0.1) is 10.2 Å². The van der Waals surface area contributed by atoms with Crippen LogP contribution in [0, 0.1) is 5.82 Å². The van der Waals surface area contributed by atoms with E-state index in [9.17, 15) is 9.18 Å². The summed E-state index contributed by atoms with van der Waals surface area (Å²) in [6.07, 6.45) is 1.30. The molecule has 3 heterocycles. The highest BCUT2D eigenvalue weighted by atomic mass is 19.1. The Morgan fingerprint density at radius 3 is 2.76 bits per heavy atom. The minimum atomic E-state index is -0.654. The first-order valence-corrected chi connectivity index (χ1v) is 12.3. The minimum Gasteiger partial charge on any atom is -0.493 e. The predicted molar refractivity (Wildman–Crippen MR) is 134 cm³/mol. The van der Waals surface area contributed by atoms with Gasteiger partial charge >= 0.3 is 5.97 Å². The lowest BCUT2D eigenvalue weighted by Gasteiger charge is -2.25. The summed E-state index contributed by atoms with van der Waals surface area (Å²) >= 11 is 0. The Balaban J connectivity index is 1.49. The van der Waals surface area contributed by atoms with Gasteiger partial charge in [-0.05, 0) is 48.5 Å². The monoisotopic (exact) mass is 521 g/mol. The van der Waals surface area contributed by atoms with Crippen molar-refractivity contribution in [2.24, 2.45) is 0 Å². The van der Waals surface area contributed by atoms with Crippen molar-refractivity contribution in [3.8, 4) is 17.2 Å². The Morgan fingerprint density at radius 2 is 1.97 bits per heavy atom. The summed E-state index contributed by atoms with van der Waals surface area (Å²) in [4.78, 5) is 13.2. The van der Waals surface area contributed by atoms with Crippen LogP contribution in [-0.2, 0) is 27.2 Å². The van der Waals surface area contributed by atoms with Gasteiger partial charge < -0.3 is 23.5 Å². The Kier molecular flexibility index (Phi) is 7.36. The van der Waals surface area contributed by atoms with Crippen LogP contribution in [0.5, 0.6) is 11.5 Å². The summed E-state index contributed by atoms with van der Waals surface area (Å²) in [7, 11) is 3.13. The molecule has 5 rings (SSSR count). The van der Waals surface area contributed by atoms with E-state index in [-0.39, 0.29) is 24.7 Å². The van der Waals surface area contributed by atoms with E-state index in [0.717, 1.165) is 11.4 Å². The number of rotatable bonds is 9. The molecule has 2 aromatic carbocycles. The lowest BCUT2D eigenvalue weighted by molar-refractivity contribution is -0.142. The number of aromatic nitrogens is 5. The number of para-hydroxylation sites is 1. The normalized spacial score (nSPS) is 16.3. The number of nitrogens with zero attached hydrogens (tertiary/aromatic N) is 5. The van der Waals surface area contributed by atoms with Gasteiger partial charge in [-0.25, -0.2) is 4.39 Å². The fourth-order valence-corrected chi connectivity index (χ4v) is 4.73. The average molecular weight is 522 g/mol. The summed E-state index contributed by atoms with van der Waals surface area (Å²) in [6.45, 7) is 2.40. The predicted octanol–water partition coefficient (Wildman–Crippen LogP) is 3.98. The number of fused-ring (bicyclic) bond motifs is 3. The highest BCUT2D eigenvalue weighted by Crippen LogP contribution is 2.46. The molecule has 1 aliphatic heterocycles. The number of tetrazole rings is 1. The first-order valence-electron chi connectivity index (χ1n) is 12.3. The van der Waals surface area contributed by atoms with Gasteiger partial charge in [0.15, 0.2) is 17.3 Å². The van der Waals surface area contributed by atoms with Crippen LogP contribution >= 0.6 is 0 Å². The molecule has 0 saturated heterocycles. The second-order valence-electron chi connectivity index (χ2n) is 8.67. The third-order valence-electron chi connectivity index (χ3n) is 6.35. The number of hydrogen-bond donors (Lipinski definition) is 0. The number of carbonyl (C=O) groups excluding carboxylic acids is 1. The molecule has 0 N–H and O–H groups in total. The molecular formula is C27H28FN5O5. The zero-order valence-electron chi connectivity index (χ0n) is 21.3. The van der Waals surface area contributed by atoms with Crippen LogP contribution in [0.1, 0.15) is 48.2 Å². The molecule has 0 amide bonds. The second kappa shape index (κ2) is 11.0. The average Bonchev–Trinajstić information content (AvgIpc) is 3.56. The topological polar surface area (TPSA) is 103 Å². The number of carbonyl (C=O) groups is 1. The molecule has 0 radical (unpaired) electrons. The van der Waals surface area contributed by atoms with Crippen LogP contribution in [0.4, 0.5) is 4.39 Å². The first-order chi connectivity index (χ1) is 18.5. The van der Waals surface area contributed by atoms with Crippen LogP contribution in [0.2, 0.25) is 0 Å². The quantitative estimate of drug-likeness (QED) is 0.305. The van der Waals surface area contributed by atoms with E-state index in [1.165, 1.54) is 16.9 Å². The van der Waals surface area contributed by atoms with E-state index >= 15 is 0 Å². The van der Waals surface area contributed by atoms with Crippen molar-refractivity contribution in [2.45, 2.75) is 38.5 Å². The maximum Gasteiger partial charge on any atom is 0.313 e. The highest BCUT2D eigenvalue weighted by molar-refractivity contribution is 5.71. The number of aryl methyl sites for hydroxylation is 1. The van der Waals surface area contributed by atoms with Gasteiger partial charge in [0.05, 0.1) is 38.8 Å². The third-order valence-corrected chi connectivity index (χ3v) is 6.35. The van der Waals surface area contributed by atoms with Crippen LogP contribution in [-0.4, -0.2) is 51.6 Å². The first kappa shape index (κ1) is 25.4. The SMILES string of the molecule is CCOC(=O)Cc1nnn(CC[C@H]2O[C@H](c3cccc(OC)c3OC)c3cc(F)ccc3-n3cccc32)n1. The molecule has 2 aromatic heterocycles. The van der Waals surface area contributed by atoms with Crippen molar-refractivity contribution in [3.63, 3.8) is 0 Å². The summed E-state index contributed by atoms with van der Waals surface area (Å²) in [6, 6.07) is 14.1. The standard InChI is InChI=1S/C27H28FN5O5/c1-4-37-25(34)16-24-29-31-33(30-24)14-12-22-21-8-6-13-32(21)20-11-10-17(28)15-19(20)26(38-22)18-7-5-9-23(35-2)27(18)36-3/h5-11,13,15,22,26H,4,12,14,16H2,1-3H3/t22-,26-/m1/s1. The highest BCUT2D eigenvalue weighted by Gasteiger charge is 2.33. The maximum absolute atomic E-state index is 14.6. The zero-order valence-corrected chi connectivity index (χ0v) is 21.3. The third kappa shape index (κ3) is 4.97. The van der Waals surface area contributed by atoms with Gasteiger partial charge in [0.2, 0.25) is 0 Å². The van der Waals surface area contributed by atoms with E-state index in [1.54, 1.807) is 33.3 Å². The molecule has 0 fully saturated rings. The fourth-order valence-electron chi connectivity index (χ4n) is 4.73. The number of hydrogen-bond acceptors (Lipinski definition) is 8. The van der Waals surface area contributed by atoms with Crippen molar-refractivity contribution >= 4 is 5.97 Å². The molecule has 1 aliphatic rings. The lowest BCUT2D eigenvalue weighted by Crippen LogP contribution is -2.15. The molecule has 0 bridgehead atoms.